The van der Waals surface area contributed by atoms with Crippen LogP contribution in [0.5, 0.6) is 0 Å². The summed E-state index contributed by atoms with van der Waals surface area (Å²) in [6, 6.07) is 8.09. The summed E-state index contributed by atoms with van der Waals surface area (Å²) in [6.45, 7) is 2.04. The van der Waals surface area contributed by atoms with Gasteiger partial charge in [0.2, 0.25) is 5.91 Å². The maximum Gasteiger partial charge on any atom is 0.232 e. The van der Waals surface area contributed by atoms with E-state index in [0.29, 0.717) is 18.9 Å². The van der Waals surface area contributed by atoms with Gasteiger partial charge in [0.05, 0.1) is 12.3 Å². The summed E-state index contributed by atoms with van der Waals surface area (Å²) in [4.78, 5) is 17.4. The first kappa shape index (κ1) is 15.8. The predicted octanol–water partition coefficient (Wildman–Crippen LogP) is 3.90. The first-order chi connectivity index (χ1) is 11.2. The second-order valence-electron chi connectivity index (χ2n) is 6.33. The number of nitrogens with zero attached hydrogens (tertiary/aromatic N) is 2. The normalized spacial score (nSPS) is 16.7. The molecule has 4 nitrogen and oxygen atoms in total. The minimum absolute atomic E-state index is 0.0657. The highest BCUT2D eigenvalue weighted by Crippen LogP contribution is 2.19. The summed E-state index contributed by atoms with van der Waals surface area (Å²) in [5.41, 5.74) is 1.93. The van der Waals surface area contributed by atoms with Crippen molar-refractivity contribution in [3.8, 4) is 0 Å². The zero-order valence-corrected chi connectivity index (χ0v) is 13.7. The van der Waals surface area contributed by atoms with Gasteiger partial charge in [-0.1, -0.05) is 19.3 Å². The lowest BCUT2D eigenvalue weighted by atomic mass is 9.96. The van der Waals surface area contributed by atoms with E-state index in [0.717, 1.165) is 29.7 Å². The Labute approximate surface area is 136 Å². The lowest BCUT2D eigenvalue weighted by Gasteiger charge is -2.18. The van der Waals surface area contributed by atoms with Crippen molar-refractivity contribution < 1.29 is 9.21 Å². The van der Waals surface area contributed by atoms with Crippen LogP contribution in [0.25, 0.3) is 0 Å². The zero-order valence-electron chi connectivity index (χ0n) is 13.7. The molecule has 4 heteroatoms. The highest BCUT2D eigenvalue weighted by molar-refractivity contribution is 5.78. The third kappa shape index (κ3) is 4.21. The minimum atomic E-state index is 0.0657. The molecule has 0 unspecified atom stereocenters. The van der Waals surface area contributed by atoms with Gasteiger partial charge in [-0.15, -0.1) is 0 Å². The Morgan fingerprint density at radius 1 is 1.30 bits per heavy atom. The predicted molar refractivity (Wildman–Crippen MR) is 89.3 cm³/mol. The smallest absolute Gasteiger partial charge is 0.232 e. The number of hydrogen-bond acceptors (Lipinski definition) is 3. The first-order valence-corrected chi connectivity index (χ1v) is 8.51. The number of aromatic nitrogens is 1. The lowest BCUT2D eigenvalue weighted by molar-refractivity contribution is 0.0895. The van der Waals surface area contributed by atoms with Gasteiger partial charge in [0.15, 0.2) is 0 Å². The molecule has 1 saturated carbocycles. The lowest BCUT2D eigenvalue weighted by Crippen LogP contribution is -2.29. The summed E-state index contributed by atoms with van der Waals surface area (Å²) >= 11 is 0. The van der Waals surface area contributed by atoms with Gasteiger partial charge in [-0.2, -0.15) is 0 Å². The molecule has 0 aliphatic heterocycles. The third-order valence-corrected chi connectivity index (χ3v) is 4.41. The Morgan fingerprint density at radius 3 is 2.87 bits per heavy atom. The van der Waals surface area contributed by atoms with Gasteiger partial charge in [-0.05, 0) is 49.6 Å². The van der Waals surface area contributed by atoms with Crippen LogP contribution in [-0.2, 0) is 6.42 Å². The molecule has 0 atom stereocenters. The van der Waals surface area contributed by atoms with Crippen LogP contribution in [0.4, 0.5) is 0 Å². The molecule has 23 heavy (non-hydrogen) atoms. The van der Waals surface area contributed by atoms with Crippen molar-refractivity contribution in [1.29, 1.82) is 0 Å². The van der Waals surface area contributed by atoms with Crippen LogP contribution in [0, 0.1) is 6.92 Å². The van der Waals surface area contributed by atoms with Crippen LogP contribution < -0.4 is 5.49 Å². The summed E-state index contributed by atoms with van der Waals surface area (Å²) in [5, 5.41) is 0. The number of hydrogen-bond donors (Lipinski definition) is 0. The molecule has 2 aromatic rings. The molecular formula is C19H24N2O2. The molecule has 122 valence electrons. The van der Waals surface area contributed by atoms with E-state index in [1.807, 2.05) is 37.4 Å². The van der Waals surface area contributed by atoms with Gasteiger partial charge in [-0.25, -0.2) is 0 Å². The van der Waals surface area contributed by atoms with Crippen LogP contribution in [-0.4, -0.2) is 16.5 Å². The standard InChI is InChI=1S/C19H24N2O2/c1-15-11-12-21(19(22)10-9-17-8-5-13-23-17)18(14-15)20-16-6-3-2-4-7-16/h5,8,11-14,16H,2-4,6-7,9-10H2,1H3. The second kappa shape index (κ2) is 7.44. The Morgan fingerprint density at radius 2 is 2.13 bits per heavy atom. The molecule has 1 fully saturated rings. The fourth-order valence-electron chi connectivity index (χ4n) is 3.10. The van der Waals surface area contributed by atoms with E-state index in [4.69, 9.17) is 9.41 Å². The van der Waals surface area contributed by atoms with Crippen molar-refractivity contribution >= 4 is 5.91 Å². The molecule has 0 N–H and O–H groups in total. The summed E-state index contributed by atoms with van der Waals surface area (Å²) in [7, 11) is 0. The molecule has 2 heterocycles. The van der Waals surface area contributed by atoms with E-state index >= 15 is 0 Å². The Bertz CT molecular complexity index is 707. The van der Waals surface area contributed by atoms with Crippen molar-refractivity contribution in [2.45, 2.75) is 57.9 Å². The van der Waals surface area contributed by atoms with E-state index in [1.165, 1.54) is 19.3 Å². The van der Waals surface area contributed by atoms with Crippen molar-refractivity contribution in [2.24, 2.45) is 4.99 Å². The fraction of sp³-hybridized carbons (Fsp3) is 0.474. The van der Waals surface area contributed by atoms with Gasteiger partial charge >= 0.3 is 0 Å². The molecule has 2 aromatic heterocycles. The van der Waals surface area contributed by atoms with Gasteiger partial charge in [0.1, 0.15) is 11.2 Å². The Balaban J connectivity index is 1.80. The molecule has 3 rings (SSSR count). The zero-order chi connectivity index (χ0) is 16.1. The molecule has 1 aliphatic rings. The number of carbonyl (C=O) groups is 1. The first-order valence-electron chi connectivity index (χ1n) is 8.51. The van der Waals surface area contributed by atoms with Gasteiger partial charge in [0, 0.05) is 19.0 Å². The maximum atomic E-state index is 12.6. The van der Waals surface area contributed by atoms with Crippen molar-refractivity contribution in [2.75, 3.05) is 0 Å². The van der Waals surface area contributed by atoms with Crippen LogP contribution >= 0.6 is 0 Å². The van der Waals surface area contributed by atoms with Crippen LogP contribution in [0.1, 0.15) is 54.6 Å². The second-order valence-corrected chi connectivity index (χ2v) is 6.33. The Hall–Kier alpha value is -2.10. The fourth-order valence-corrected chi connectivity index (χ4v) is 3.10. The molecule has 0 amide bonds. The Kier molecular flexibility index (Phi) is 5.11. The average molecular weight is 312 g/mol. The van der Waals surface area contributed by atoms with E-state index in [1.54, 1.807) is 10.8 Å². The summed E-state index contributed by atoms with van der Waals surface area (Å²) in [6.07, 6.45) is 10.6. The quantitative estimate of drug-likeness (QED) is 0.859. The van der Waals surface area contributed by atoms with E-state index < -0.39 is 0 Å². The monoisotopic (exact) mass is 312 g/mol. The largest absolute Gasteiger partial charge is 0.469 e. The average Bonchev–Trinajstić information content (AvgIpc) is 3.07. The molecular weight excluding hydrogens is 288 g/mol. The minimum Gasteiger partial charge on any atom is -0.469 e. The van der Waals surface area contributed by atoms with Crippen molar-refractivity contribution in [1.82, 2.24) is 4.57 Å². The maximum absolute atomic E-state index is 12.6. The van der Waals surface area contributed by atoms with Crippen molar-refractivity contribution in [3.05, 3.63) is 53.5 Å². The number of rotatable bonds is 4. The van der Waals surface area contributed by atoms with E-state index in [9.17, 15) is 4.79 Å². The summed E-state index contributed by atoms with van der Waals surface area (Å²) < 4.78 is 7.00. The summed E-state index contributed by atoms with van der Waals surface area (Å²) in [5.74, 6) is 0.910. The number of furan rings is 1. The highest BCUT2D eigenvalue weighted by Gasteiger charge is 2.13. The van der Waals surface area contributed by atoms with Crippen LogP contribution in [0.3, 0.4) is 0 Å². The number of carbonyl (C=O) groups excluding carboxylic acids is 1. The molecule has 0 saturated heterocycles. The highest BCUT2D eigenvalue weighted by atomic mass is 16.3. The third-order valence-electron chi connectivity index (χ3n) is 4.41. The van der Waals surface area contributed by atoms with Crippen LogP contribution in [0.15, 0.2) is 46.1 Å². The number of aryl methyl sites for hydroxylation is 2. The van der Waals surface area contributed by atoms with Gasteiger partial charge < -0.3 is 4.42 Å². The molecule has 1 aliphatic carbocycles. The molecule has 0 aromatic carbocycles. The van der Waals surface area contributed by atoms with E-state index in [2.05, 4.69) is 0 Å². The van der Waals surface area contributed by atoms with Gasteiger partial charge in [-0.3, -0.25) is 14.4 Å². The molecule has 0 radical (unpaired) electrons. The van der Waals surface area contributed by atoms with Crippen LogP contribution in [0.2, 0.25) is 0 Å². The van der Waals surface area contributed by atoms with E-state index in [-0.39, 0.29) is 5.91 Å². The molecule has 0 bridgehead atoms. The van der Waals surface area contributed by atoms with Crippen molar-refractivity contribution in [3.63, 3.8) is 0 Å². The number of pyridine rings is 1. The molecule has 0 spiro atoms. The SMILES string of the molecule is Cc1ccn(C(=O)CCc2ccco2)c(=NC2CCCCC2)c1. The topological polar surface area (TPSA) is 47.5 Å². The van der Waals surface area contributed by atoms with Gasteiger partial charge in [0.25, 0.3) is 0 Å².